The number of β-amino-alcohol motifs (C(OH)–C–C–N with tert-alkyl or cyclic N) is 1. The molecule has 3 aliphatic heterocycles. The minimum absolute atomic E-state index is 0.00663. The number of aliphatic hydroxyl groups is 1. The number of thiazole rings is 1. The monoisotopic (exact) mass is 1120 g/mol. The van der Waals surface area contributed by atoms with Gasteiger partial charge in [-0.2, -0.15) is 12.7 Å². The molecule has 79 heavy (non-hydrogen) atoms. The van der Waals surface area contributed by atoms with Gasteiger partial charge in [0.05, 0.1) is 46.0 Å². The highest BCUT2D eigenvalue weighted by Crippen LogP contribution is 2.33. The SMILES string of the molecule is CCN(C)S(=O)(=O)Nc1ccc(F)c(C(=O)c2c[nH]c3ncc(-c4ccc(N5CCN(C6CCN(CC(=O)N[C@H](C(=O)N7C[C@H](O)C[C@H]7C(=O)N[C@@H](C)c7ccc(-c8scnc8C)cc7)C(C)(C)C)CC6)CC5)cc4)cc23)c1F. The van der Waals surface area contributed by atoms with E-state index < -0.39 is 68.4 Å². The topological polar surface area (TPSA) is 217 Å². The molecule has 3 fully saturated rings. The molecule has 420 valence electrons. The second kappa shape index (κ2) is 23.6. The Balaban J connectivity index is 0.751. The van der Waals surface area contributed by atoms with Crippen LogP contribution in [-0.4, -0.2) is 161 Å². The standard InChI is InChI=1S/C57H69F2N11O7S2/c1-8-66(7)79(76,77)65-46-18-17-45(58)49(50(46)59)51(73)44-30-61-54-43(44)27-39(29-60-54)37-13-15-40(16-14-37)68-23-25-69(26-24-68)41-19-21-67(22-20-41)32-48(72)64-53(57(4,5)6)56(75)70-31-42(71)28-47(70)55(74)63-34(2)36-9-11-38(12-10-36)52-35(3)62-33-78-52/h9-18,27,29-30,33-34,41-42,47,53,65,71H,8,19-26,28,31-32H2,1-7H3,(H,60,61)(H,63,74)(H,64,72)/t34-,42+,47-,53+/m0/s1. The van der Waals surface area contributed by atoms with Crippen molar-refractivity contribution in [3.05, 3.63) is 119 Å². The molecule has 5 N–H and O–H groups in total. The van der Waals surface area contributed by atoms with Crippen molar-refractivity contribution in [2.45, 2.75) is 91.1 Å². The van der Waals surface area contributed by atoms with Crippen molar-refractivity contribution in [1.82, 2.24) is 44.6 Å². The van der Waals surface area contributed by atoms with E-state index in [1.807, 2.05) is 88.7 Å². The Labute approximate surface area is 463 Å². The Kier molecular flexibility index (Phi) is 17.0. The first-order chi connectivity index (χ1) is 37.6. The van der Waals surface area contributed by atoms with Crippen molar-refractivity contribution in [2.24, 2.45) is 5.41 Å². The van der Waals surface area contributed by atoms with Crippen LogP contribution in [0, 0.1) is 24.0 Å². The molecular weight excluding hydrogens is 1050 g/mol. The molecule has 3 aromatic heterocycles. The third-order valence-corrected chi connectivity index (χ3v) is 18.1. The number of rotatable bonds is 17. The highest BCUT2D eigenvalue weighted by atomic mass is 32.2. The molecule has 4 atom stereocenters. The lowest BCUT2D eigenvalue weighted by atomic mass is 9.85. The number of aliphatic hydroxyl groups excluding tert-OH is 1. The predicted octanol–water partition coefficient (Wildman–Crippen LogP) is 6.74. The van der Waals surface area contributed by atoms with Gasteiger partial charge in [-0.25, -0.2) is 18.7 Å². The van der Waals surface area contributed by atoms with Crippen molar-refractivity contribution >= 4 is 67.5 Å². The van der Waals surface area contributed by atoms with Gasteiger partial charge in [-0.05, 0) is 79.1 Å². The van der Waals surface area contributed by atoms with Crippen molar-refractivity contribution in [2.75, 3.05) is 75.6 Å². The van der Waals surface area contributed by atoms with Gasteiger partial charge >= 0.3 is 10.2 Å². The van der Waals surface area contributed by atoms with Gasteiger partial charge in [0.2, 0.25) is 23.5 Å². The molecule has 0 spiro atoms. The zero-order valence-corrected chi connectivity index (χ0v) is 47.2. The zero-order valence-electron chi connectivity index (χ0n) is 45.6. The van der Waals surface area contributed by atoms with Crippen LogP contribution in [0.5, 0.6) is 0 Å². The number of aryl methyl sites for hydroxylation is 1. The fraction of sp³-hybridized carbons (Fsp3) is 0.439. The number of piperidine rings is 1. The number of hydrogen-bond acceptors (Lipinski definition) is 13. The number of halogens is 2. The minimum Gasteiger partial charge on any atom is -0.391 e. The zero-order chi connectivity index (χ0) is 56.5. The molecular formula is C57H69F2N11O7S2. The van der Waals surface area contributed by atoms with Crippen LogP contribution in [-0.2, 0) is 24.6 Å². The quantitative estimate of drug-likeness (QED) is 0.0601. The first kappa shape index (κ1) is 57.0. The number of piperazine rings is 1. The van der Waals surface area contributed by atoms with Crippen LogP contribution in [0.3, 0.4) is 0 Å². The van der Waals surface area contributed by atoms with Crippen LogP contribution in [0.25, 0.3) is 32.6 Å². The molecule has 9 rings (SSSR count). The Morgan fingerprint density at radius 2 is 1.59 bits per heavy atom. The first-order valence-corrected chi connectivity index (χ1v) is 29.1. The highest BCUT2D eigenvalue weighted by Gasteiger charge is 2.45. The van der Waals surface area contributed by atoms with E-state index in [-0.39, 0.29) is 49.5 Å². The van der Waals surface area contributed by atoms with E-state index in [2.05, 4.69) is 45.0 Å². The highest BCUT2D eigenvalue weighted by molar-refractivity contribution is 7.90. The lowest BCUT2D eigenvalue weighted by Gasteiger charge is -2.43. The molecule has 3 aromatic carbocycles. The number of nitrogens with zero attached hydrogens (tertiary/aromatic N) is 7. The average Bonchev–Trinajstić information content (AvgIpc) is 4.30. The van der Waals surface area contributed by atoms with Crippen LogP contribution in [0.1, 0.15) is 87.1 Å². The Bertz CT molecular complexity index is 3320. The number of likely N-dealkylation sites (tertiary alicyclic amines) is 2. The smallest absolute Gasteiger partial charge is 0.301 e. The second-order valence-electron chi connectivity index (χ2n) is 21.9. The van der Waals surface area contributed by atoms with E-state index in [1.54, 1.807) is 30.5 Å². The number of aromatic nitrogens is 3. The predicted molar refractivity (Wildman–Crippen MR) is 302 cm³/mol. The molecule has 0 radical (unpaired) electrons. The Hall–Kier alpha value is -6.69. The number of fused-ring (bicyclic) bond motifs is 1. The van der Waals surface area contributed by atoms with Gasteiger partial charge in [-0.15, -0.1) is 11.3 Å². The number of carbonyl (C=O) groups is 4. The van der Waals surface area contributed by atoms with E-state index in [9.17, 15) is 32.7 Å². The molecule has 22 heteroatoms. The van der Waals surface area contributed by atoms with Crippen LogP contribution in [0.15, 0.2) is 84.6 Å². The van der Waals surface area contributed by atoms with E-state index in [0.29, 0.717) is 22.6 Å². The maximum atomic E-state index is 15.7. The normalized spacial score (nSPS) is 18.7. The number of ketones is 1. The minimum atomic E-state index is -4.15. The summed E-state index contributed by atoms with van der Waals surface area (Å²) in [4.78, 5) is 76.8. The van der Waals surface area contributed by atoms with Gasteiger partial charge in [0.1, 0.15) is 23.5 Å². The largest absolute Gasteiger partial charge is 0.391 e. The number of nitrogens with one attached hydrogen (secondary N) is 4. The molecule has 6 aromatic rings. The number of pyridine rings is 1. The molecule has 6 heterocycles. The summed E-state index contributed by atoms with van der Waals surface area (Å²) in [7, 11) is -2.85. The summed E-state index contributed by atoms with van der Waals surface area (Å²) in [6, 6.07) is 17.7. The van der Waals surface area contributed by atoms with Crippen LogP contribution in [0.4, 0.5) is 20.2 Å². The van der Waals surface area contributed by atoms with E-state index in [4.69, 9.17) is 0 Å². The number of anilines is 2. The Morgan fingerprint density at radius 3 is 2.24 bits per heavy atom. The van der Waals surface area contributed by atoms with Crippen molar-refractivity contribution in [1.29, 1.82) is 0 Å². The van der Waals surface area contributed by atoms with E-state index in [1.165, 1.54) is 18.1 Å². The summed E-state index contributed by atoms with van der Waals surface area (Å²) >= 11 is 1.57. The fourth-order valence-electron chi connectivity index (χ4n) is 10.8. The molecule has 3 amide bonds. The number of aromatic amines is 1. The molecule has 0 unspecified atom stereocenters. The average molecular weight is 1120 g/mol. The summed E-state index contributed by atoms with van der Waals surface area (Å²) < 4.78 is 59.1. The summed E-state index contributed by atoms with van der Waals surface area (Å²) in [5.41, 5.74) is 5.44. The van der Waals surface area contributed by atoms with Crippen LogP contribution >= 0.6 is 11.3 Å². The van der Waals surface area contributed by atoms with Gasteiger partial charge in [-0.3, -0.25) is 33.7 Å². The summed E-state index contributed by atoms with van der Waals surface area (Å²) in [6.07, 6.45) is 3.99. The maximum Gasteiger partial charge on any atom is 0.301 e. The number of hydrogen-bond donors (Lipinski definition) is 5. The molecule has 3 aliphatic rings. The summed E-state index contributed by atoms with van der Waals surface area (Å²) in [5.74, 6) is -4.46. The van der Waals surface area contributed by atoms with Crippen molar-refractivity contribution in [3.63, 3.8) is 0 Å². The van der Waals surface area contributed by atoms with E-state index in [0.717, 1.165) is 101 Å². The van der Waals surface area contributed by atoms with Gasteiger partial charge in [0.15, 0.2) is 5.82 Å². The number of amides is 3. The molecule has 0 bridgehead atoms. The molecule has 3 saturated heterocycles. The lowest BCUT2D eigenvalue weighted by Crippen LogP contribution is -2.59. The van der Waals surface area contributed by atoms with Crippen LogP contribution < -0.4 is 20.3 Å². The number of benzene rings is 3. The second-order valence-corrected chi connectivity index (χ2v) is 24.5. The maximum absolute atomic E-state index is 15.7. The van der Waals surface area contributed by atoms with Crippen molar-refractivity contribution in [3.8, 4) is 21.6 Å². The lowest BCUT2D eigenvalue weighted by molar-refractivity contribution is -0.144. The van der Waals surface area contributed by atoms with Gasteiger partial charge in [0.25, 0.3) is 0 Å². The fourth-order valence-corrected chi connectivity index (χ4v) is 12.5. The van der Waals surface area contributed by atoms with Gasteiger partial charge < -0.3 is 30.5 Å². The Morgan fingerprint density at radius 1 is 0.911 bits per heavy atom. The third kappa shape index (κ3) is 12.5. The summed E-state index contributed by atoms with van der Waals surface area (Å²) in [5, 5.41) is 17.2. The van der Waals surface area contributed by atoms with Gasteiger partial charge in [0, 0.05) is 106 Å². The first-order valence-electron chi connectivity index (χ1n) is 26.7. The number of carbonyl (C=O) groups excluding carboxylic acids is 4. The third-order valence-electron chi connectivity index (χ3n) is 15.6. The van der Waals surface area contributed by atoms with Gasteiger partial charge in [-0.1, -0.05) is 64.1 Å². The molecule has 18 nitrogen and oxygen atoms in total. The summed E-state index contributed by atoms with van der Waals surface area (Å²) in [6.45, 7) is 16.1. The van der Waals surface area contributed by atoms with E-state index >= 15 is 8.78 Å². The van der Waals surface area contributed by atoms with Crippen molar-refractivity contribution < 1.29 is 41.5 Å². The van der Waals surface area contributed by atoms with Crippen LogP contribution in [0.2, 0.25) is 0 Å². The number of H-pyrrole nitrogens is 1. The molecule has 0 aliphatic carbocycles. The molecule has 0 saturated carbocycles.